The van der Waals surface area contributed by atoms with Crippen LogP contribution in [0.15, 0.2) is 42.7 Å². The molecule has 0 radical (unpaired) electrons. The van der Waals surface area contributed by atoms with E-state index in [9.17, 15) is 4.39 Å². The van der Waals surface area contributed by atoms with Crippen molar-refractivity contribution in [1.29, 1.82) is 0 Å². The van der Waals surface area contributed by atoms with Gasteiger partial charge in [-0.1, -0.05) is 23.7 Å². The van der Waals surface area contributed by atoms with Crippen LogP contribution in [0.3, 0.4) is 0 Å². The van der Waals surface area contributed by atoms with E-state index < -0.39 is 0 Å². The highest BCUT2D eigenvalue weighted by atomic mass is 35.5. The lowest BCUT2D eigenvalue weighted by Gasteiger charge is -2.17. The van der Waals surface area contributed by atoms with Crippen LogP contribution in [0, 0.1) is 5.82 Å². The minimum Gasteiger partial charge on any atom is -0.317 e. The van der Waals surface area contributed by atoms with Crippen molar-refractivity contribution in [3.05, 3.63) is 64.7 Å². The Morgan fingerprint density at radius 2 is 2.15 bits per heavy atom. The normalized spacial score (nSPS) is 12.3. The Bertz CT molecular complexity index is 525. The number of aromatic nitrogens is 1. The molecule has 0 aliphatic heterocycles. The van der Waals surface area contributed by atoms with Gasteiger partial charge < -0.3 is 5.32 Å². The lowest BCUT2D eigenvalue weighted by atomic mass is 9.99. The molecule has 0 spiro atoms. The lowest BCUT2D eigenvalue weighted by molar-refractivity contribution is 0.504. The monoisotopic (exact) mass is 292 g/mol. The molecule has 106 valence electrons. The summed E-state index contributed by atoms with van der Waals surface area (Å²) in [7, 11) is 1.89. The number of hydrogen-bond acceptors (Lipinski definition) is 2. The first-order valence-electron chi connectivity index (χ1n) is 6.69. The van der Waals surface area contributed by atoms with Crippen molar-refractivity contribution < 1.29 is 4.39 Å². The van der Waals surface area contributed by atoms with E-state index in [-0.39, 0.29) is 11.9 Å². The smallest absolute Gasteiger partial charge is 0.127 e. The Morgan fingerprint density at radius 1 is 1.30 bits per heavy atom. The second-order valence-corrected chi connectivity index (χ2v) is 5.20. The SMILES string of the molecule is CNC(CCc1cccnc1)Cc1c(F)cccc1Cl. The van der Waals surface area contributed by atoms with E-state index in [0.717, 1.165) is 12.8 Å². The van der Waals surface area contributed by atoms with Gasteiger partial charge in [0.1, 0.15) is 5.82 Å². The maximum absolute atomic E-state index is 13.8. The van der Waals surface area contributed by atoms with E-state index in [1.54, 1.807) is 18.3 Å². The Hall–Kier alpha value is -1.45. The molecule has 1 aromatic heterocycles. The number of rotatable bonds is 6. The van der Waals surface area contributed by atoms with Gasteiger partial charge in [-0.2, -0.15) is 0 Å². The first-order chi connectivity index (χ1) is 9.70. The largest absolute Gasteiger partial charge is 0.317 e. The predicted octanol–water partition coefficient (Wildman–Crippen LogP) is 3.64. The molecule has 1 N–H and O–H groups in total. The van der Waals surface area contributed by atoms with Crippen LogP contribution in [-0.2, 0) is 12.8 Å². The molecule has 0 bridgehead atoms. The lowest BCUT2D eigenvalue weighted by Crippen LogP contribution is -2.28. The summed E-state index contributed by atoms with van der Waals surface area (Å²) in [4.78, 5) is 4.10. The molecule has 0 fully saturated rings. The molecule has 1 unspecified atom stereocenters. The molecule has 0 amide bonds. The highest BCUT2D eigenvalue weighted by Gasteiger charge is 2.13. The summed E-state index contributed by atoms with van der Waals surface area (Å²) in [6.07, 6.45) is 6.03. The number of likely N-dealkylation sites (N-methyl/N-ethyl adjacent to an activating group) is 1. The third-order valence-corrected chi connectivity index (χ3v) is 3.78. The summed E-state index contributed by atoms with van der Waals surface area (Å²) < 4.78 is 13.8. The Labute approximate surface area is 124 Å². The predicted molar refractivity (Wildman–Crippen MR) is 80.5 cm³/mol. The molecule has 0 aliphatic rings. The van der Waals surface area contributed by atoms with Crippen molar-refractivity contribution in [2.24, 2.45) is 0 Å². The third-order valence-electron chi connectivity index (χ3n) is 3.42. The molecule has 20 heavy (non-hydrogen) atoms. The second-order valence-electron chi connectivity index (χ2n) is 4.79. The number of benzene rings is 1. The van der Waals surface area contributed by atoms with Crippen LogP contribution in [-0.4, -0.2) is 18.1 Å². The number of hydrogen-bond donors (Lipinski definition) is 1. The van der Waals surface area contributed by atoms with Gasteiger partial charge >= 0.3 is 0 Å². The summed E-state index contributed by atoms with van der Waals surface area (Å²) in [5.41, 5.74) is 1.77. The average molecular weight is 293 g/mol. The summed E-state index contributed by atoms with van der Waals surface area (Å²) in [6.45, 7) is 0. The number of halogens is 2. The highest BCUT2D eigenvalue weighted by Crippen LogP contribution is 2.21. The molecular formula is C16H18ClFN2. The summed E-state index contributed by atoms with van der Waals surface area (Å²) in [5.74, 6) is -0.237. The van der Waals surface area contributed by atoms with Crippen LogP contribution in [0.2, 0.25) is 5.02 Å². The van der Waals surface area contributed by atoms with Crippen molar-refractivity contribution in [2.75, 3.05) is 7.05 Å². The molecule has 1 atom stereocenters. The molecule has 1 aromatic carbocycles. The van der Waals surface area contributed by atoms with Gasteiger partial charge in [-0.05, 0) is 50.1 Å². The van der Waals surface area contributed by atoms with Crippen LogP contribution in [0.4, 0.5) is 4.39 Å². The van der Waals surface area contributed by atoms with Crippen LogP contribution in [0.5, 0.6) is 0 Å². The van der Waals surface area contributed by atoms with Gasteiger partial charge in [-0.15, -0.1) is 0 Å². The minimum absolute atomic E-state index is 0.185. The minimum atomic E-state index is -0.237. The Balaban J connectivity index is 1.99. The van der Waals surface area contributed by atoms with Crippen molar-refractivity contribution in [3.63, 3.8) is 0 Å². The van der Waals surface area contributed by atoms with Crippen LogP contribution >= 0.6 is 11.6 Å². The van der Waals surface area contributed by atoms with E-state index in [1.165, 1.54) is 11.6 Å². The maximum atomic E-state index is 13.8. The second kappa shape index (κ2) is 7.36. The van der Waals surface area contributed by atoms with Crippen molar-refractivity contribution >= 4 is 11.6 Å². The van der Waals surface area contributed by atoms with E-state index >= 15 is 0 Å². The van der Waals surface area contributed by atoms with Gasteiger partial charge in [0.05, 0.1) is 0 Å². The number of aryl methyl sites for hydroxylation is 1. The van der Waals surface area contributed by atoms with Crippen LogP contribution in [0.1, 0.15) is 17.5 Å². The van der Waals surface area contributed by atoms with Gasteiger partial charge in [0.15, 0.2) is 0 Å². The van der Waals surface area contributed by atoms with E-state index in [2.05, 4.69) is 16.4 Å². The van der Waals surface area contributed by atoms with Crippen LogP contribution < -0.4 is 5.32 Å². The Kier molecular flexibility index (Phi) is 5.50. The molecule has 2 nitrogen and oxygen atoms in total. The average Bonchev–Trinajstić information content (AvgIpc) is 2.47. The Morgan fingerprint density at radius 3 is 2.80 bits per heavy atom. The van der Waals surface area contributed by atoms with Crippen LogP contribution in [0.25, 0.3) is 0 Å². The summed E-state index contributed by atoms with van der Waals surface area (Å²) in [5, 5.41) is 3.72. The zero-order valence-electron chi connectivity index (χ0n) is 11.4. The van der Waals surface area contributed by atoms with E-state index in [0.29, 0.717) is 17.0 Å². The zero-order chi connectivity index (χ0) is 14.4. The quantitative estimate of drug-likeness (QED) is 0.879. The molecule has 2 rings (SSSR count). The number of pyridine rings is 1. The van der Waals surface area contributed by atoms with Crippen molar-refractivity contribution in [2.45, 2.75) is 25.3 Å². The standard InChI is InChI=1S/C16H18ClFN2/c1-19-13(8-7-12-4-3-9-20-11-12)10-14-15(17)5-2-6-16(14)18/h2-6,9,11,13,19H,7-8,10H2,1H3. The van der Waals surface area contributed by atoms with Crippen molar-refractivity contribution in [3.8, 4) is 0 Å². The van der Waals surface area contributed by atoms with Crippen molar-refractivity contribution in [1.82, 2.24) is 10.3 Å². The van der Waals surface area contributed by atoms with E-state index in [4.69, 9.17) is 11.6 Å². The molecule has 1 heterocycles. The van der Waals surface area contributed by atoms with E-state index in [1.807, 2.05) is 19.3 Å². The third kappa shape index (κ3) is 4.02. The van der Waals surface area contributed by atoms with Gasteiger partial charge in [0, 0.05) is 29.0 Å². The molecule has 0 aliphatic carbocycles. The van der Waals surface area contributed by atoms with Gasteiger partial charge in [-0.3, -0.25) is 4.98 Å². The molecule has 2 aromatic rings. The topological polar surface area (TPSA) is 24.9 Å². The first kappa shape index (κ1) is 14.9. The number of nitrogens with zero attached hydrogens (tertiary/aromatic N) is 1. The fourth-order valence-corrected chi connectivity index (χ4v) is 2.45. The fourth-order valence-electron chi connectivity index (χ4n) is 2.21. The summed E-state index contributed by atoms with van der Waals surface area (Å²) >= 11 is 6.07. The van der Waals surface area contributed by atoms with Gasteiger partial charge in [0.25, 0.3) is 0 Å². The first-order valence-corrected chi connectivity index (χ1v) is 7.07. The molecule has 0 saturated heterocycles. The zero-order valence-corrected chi connectivity index (χ0v) is 12.2. The van der Waals surface area contributed by atoms with Gasteiger partial charge in [-0.25, -0.2) is 4.39 Å². The molecule has 4 heteroatoms. The fraction of sp³-hybridized carbons (Fsp3) is 0.312. The maximum Gasteiger partial charge on any atom is 0.127 e. The highest BCUT2D eigenvalue weighted by molar-refractivity contribution is 6.31. The summed E-state index contributed by atoms with van der Waals surface area (Å²) in [6, 6.07) is 8.98. The number of nitrogens with one attached hydrogen (secondary N) is 1. The van der Waals surface area contributed by atoms with Gasteiger partial charge in [0.2, 0.25) is 0 Å². The molecule has 0 saturated carbocycles. The molecular weight excluding hydrogens is 275 g/mol.